The number of aromatic nitrogens is 1. The van der Waals surface area contributed by atoms with Crippen LogP contribution in [0.4, 0.5) is 0 Å². The van der Waals surface area contributed by atoms with Gasteiger partial charge < -0.3 is 4.90 Å². The molecule has 0 aromatic carbocycles. The third-order valence-corrected chi connectivity index (χ3v) is 2.73. The van der Waals surface area contributed by atoms with E-state index in [1.165, 1.54) is 0 Å². The van der Waals surface area contributed by atoms with Gasteiger partial charge in [0.05, 0.1) is 5.56 Å². The monoisotopic (exact) mass is 218 g/mol. The summed E-state index contributed by atoms with van der Waals surface area (Å²) >= 11 is 0. The lowest BCUT2D eigenvalue weighted by molar-refractivity contribution is -0.120. The van der Waals surface area contributed by atoms with Gasteiger partial charge in [-0.2, -0.15) is 0 Å². The van der Waals surface area contributed by atoms with Gasteiger partial charge in [-0.1, -0.05) is 0 Å². The Morgan fingerprint density at radius 2 is 2.00 bits per heavy atom. The number of hydrogen-bond acceptors (Lipinski definition) is 3. The van der Waals surface area contributed by atoms with Crippen molar-refractivity contribution in [3.63, 3.8) is 0 Å². The predicted molar refractivity (Wildman–Crippen MR) is 59.1 cm³/mol. The second-order valence-electron chi connectivity index (χ2n) is 4.08. The van der Waals surface area contributed by atoms with Crippen LogP contribution in [-0.2, 0) is 4.79 Å². The molecule has 1 saturated heterocycles. The van der Waals surface area contributed by atoms with Crippen LogP contribution in [0.15, 0.2) is 18.5 Å². The molecule has 0 radical (unpaired) electrons. The second kappa shape index (κ2) is 4.43. The average Bonchev–Trinajstić information content (AvgIpc) is 2.29. The minimum absolute atomic E-state index is 0.0244. The van der Waals surface area contributed by atoms with Crippen molar-refractivity contribution in [2.45, 2.75) is 19.8 Å². The smallest absolute Gasteiger partial charge is 0.255 e. The maximum Gasteiger partial charge on any atom is 0.255 e. The minimum Gasteiger partial charge on any atom is -0.338 e. The first-order valence-corrected chi connectivity index (χ1v) is 5.39. The van der Waals surface area contributed by atoms with Crippen LogP contribution in [0.2, 0.25) is 0 Å². The van der Waals surface area contributed by atoms with E-state index in [4.69, 9.17) is 0 Å². The van der Waals surface area contributed by atoms with Crippen molar-refractivity contribution in [2.24, 2.45) is 0 Å². The molecule has 16 heavy (non-hydrogen) atoms. The first kappa shape index (κ1) is 10.8. The summed E-state index contributed by atoms with van der Waals surface area (Å²) < 4.78 is 0. The van der Waals surface area contributed by atoms with Crippen LogP contribution in [0.1, 0.15) is 28.8 Å². The number of carbonyl (C=O) groups is 2. The van der Waals surface area contributed by atoms with Gasteiger partial charge in [-0.3, -0.25) is 14.6 Å². The molecule has 84 valence electrons. The molecule has 0 spiro atoms. The van der Waals surface area contributed by atoms with Crippen molar-refractivity contribution >= 4 is 11.7 Å². The van der Waals surface area contributed by atoms with Crippen LogP contribution >= 0.6 is 0 Å². The lowest BCUT2D eigenvalue weighted by atomic mass is 10.1. The van der Waals surface area contributed by atoms with E-state index in [9.17, 15) is 9.59 Å². The van der Waals surface area contributed by atoms with Gasteiger partial charge in [0, 0.05) is 38.3 Å². The number of piperidine rings is 1. The number of carbonyl (C=O) groups excluding carboxylic acids is 2. The molecule has 1 fully saturated rings. The quantitative estimate of drug-likeness (QED) is 0.711. The molecule has 1 aliphatic rings. The van der Waals surface area contributed by atoms with Crippen LogP contribution in [0.3, 0.4) is 0 Å². The summed E-state index contributed by atoms with van der Waals surface area (Å²) in [6.45, 7) is 2.97. The van der Waals surface area contributed by atoms with Gasteiger partial charge in [-0.25, -0.2) is 0 Å². The molecule has 2 heterocycles. The molecule has 1 amide bonds. The summed E-state index contributed by atoms with van der Waals surface area (Å²) in [4.78, 5) is 28.8. The number of likely N-dealkylation sites (tertiary alicyclic amines) is 1. The van der Waals surface area contributed by atoms with Crippen molar-refractivity contribution in [2.75, 3.05) is 13.1 Å². The number of aryl methyl sites for hydroxylation is 1. The summed E-state index contributed by atoms with van der Waals surface area (Å²) in [6.07, 6.45) is 4.25. The van der Waals surface area contributed by atoms with E-state index in [0.717, 1.165) is 5.56 Å². The summed E-state index contributed by atoms with van der Waals surface area (Å²) in [6, 6.07) is 1.83. The van der Waals surface area contributed by atoms with Crippen molar-refractivity contribution in [3.8, 4) is 0 Å². The minimum atomic E-state index is -0.0244. The summed E-state index contributed by atoms with van der Waals surface area (Å²) in [5, 5.41) is 0. The Labute approximate surface area is 94.3 Å². The predicted octanol–water partition coefficient (Wildman–Crippen LogP) is 1.20. The fourth-order valence-corrected chi connectivity index (χ4v) is 1.81. The molecule has 2 rings (SSSR count). The molecule has 0 atom stereocenters. The van der Waals surface area contributed by atoms with Crippen molar-refractivity contribution < 1.29 is 9.59 Å². The van der Waals surface area contributed by atoms with Gasteiger partial charge in [-0.15, -0.1) is 0 Å². The summed E-state index contributed by atoms with van der Waals surface area (Å²) in [5.41, 5.74) is 1.58. The molecular weight excluding hydrogens is 204 g/mol. The Balaban J connectivity index is 2.10. The van der Waals surface area contributed by atoms with Gasteiger partial charge in [0.25, 0.3) is 5.91 Å². The Morgan fingerprint density at radius 3 is 2.62 bits per heavy atom. The standard InChI is InChI=1S/C12H14N2O2/c1-9-6-10(8-13-7-9)12(16)14-4-2-11(15)3-5-14/h6-8H,2-5H2,1H3. The van der Waals surface area contributed by atoms with Crippen molar-refractivity contribution in [3.05, 3.63) is 29.6 Å². The Kier molecular flexibility index (Phi) is 2.99. The van der Waals surface area contributed by atoms with E-state index in [-0.39, 0.29) is 11.7 Å². The topological polar surface area (TPSA) is 50.3 Å². The van der Waals surface area contributed by atoms with E-state index >= 15 is 0 Å². The number of rotatable bonds is 1. The highest BCUT2D eigenvalue weighted by Gasteiger charge is 2.21. The molecule has 0 saturated carbocycles. The fourth-order valence-electron chi connectivity index (χ4n) is 1.81. The van der Waals surface area contributed by atoms with Crippen LogP contribution in [0.5, 0.6) is 0 Å². The number of nitrogens with zero attached hydrogens (tertiary/aromatic N) is 2. The van der Waals surface area contributed by atoms with Gasteiger partial charge in [0.2, 0.25) is 0 Å². The lowest BCUT2D eigenvalue weighted by Crippen LogP contribution is -2.38. The second-order valence-corrected chi connectivity index (χ2v) is 4.08. The maximum absolute atomic E-state index is 12.0. The van der Waals surface area contributed by atoms with Crippen LogP contribution in [0, 0.1) is 6.92 Å². The van der Waals surface area contributed by atoms with E-state index in [1.54, 1.807) is 17.3 Å². The van der Waals surface area contributed by atoms with Crippen LogP contribution in [-0.4, -0.2) is 34.7 Å². The Morgan fingerprint density at radius 1 is 1.31 bits per heavy atom. The van der Waals surface area contributed by atoms with Crippen molar-refractivity contribution in [1.82, 2.24) is 9.88 Å². The van der Waals surface area contributed by atoms with Crippen LogP contribution in [0.25, 0.3) is 0 Å². The van der Waals surface area contributed by atoms with E-state index in [0.29, 0.717) is 31.5 Å². The normalized spacial score (nSPS) is 16.3. The fraction of sp³-hybridized carbons (Fsp3) is 0.417. The first-order valence-electron chi connectivity index (χ1n) is 5.39. The highest BCUT2D eigenvalue weighted by Crippen LogP contribution is 2.11. The number of pyridine rings is 1. The first-order chi connectivity index (χ1) is 7.66. The zero-order chi connectivity index (χ0) is 11.5. The number of amides is 1. The van der Waals surface area contributed by atoms with Crippen LogP contribution < -0.4 is 0 Å². The molecule has 1 aromatic heterocycles. The number of Topliss-reactive ketones (excluding diaryl/α,β-unsaturated/α-hetero) is 1. The molecule has 1 aliphatic heterocycles. The third-order valence-electron chi connectivity index (χ3n) is 2.73. The van der Waals surface area contributed by atoms with Gasteiger partial charge in [-0.05, 0) is 18.6 Å². The van der Waals surface area contributed by atoms with E-state index < -0.39 is 0 Å². The molecule has 4 heteroatoms. The maximum atomic E-state index is 12.0. The molecular formula is C12H14N2O2. The summed E-state index contributed by atoms with van der Waals surface area (Å²) in [5.74, 6) is 0.218. The molecule has 0 aliphatic carbocycles. The van der Waals surface area contributed by atoms with Gasteiger partial charge >= 0.3 is 0 Å². The van der Waals surface area contributed by atoms with Gasteiger partial charge in [0.15, 0.2) is 0 Å². The van der Waals surface area contributed by atoms with Gasteiger partial charge in [0.1, 0.15) is 5.78 Å². The Bertz CT molecular complexity index is 419. The highest BCUT2D eigenvalue weighted by molar-refractivity contribution is 5.95. The summed E-state index contributed by atoms with van der Waals surface area (Å²) in [7, 11) is 0. The molecule has 0 unspecified atom stereocenters. The Hall–Kier alpha value is -1.71. The lowest BCUT2D eigenvalue weighted by Gasteiger charge is -2.26. The van der Waals surface area contributed by atoms with Crippen molar-refractivity contribution in [1.29, 1.82) is 0 Å². The molecule has 0 N–H and O–H groups in total. The molecule has 1 aromatic rings. The zero-order valence-electron chi connectivity index (χ0n) is 9.27. The van der Waals surface area contributed by atoms with E-state index in [2.05, 4.69) is 4.98 Å². The van der Waals surface area contributed by atoms with E-state index in [1.807, 2.05) is 13.0 Å². The largest absolute Gasteiger partial charge is 0.338 e. The molecule has 4 nitrogen and oxygen atoms in total. The highest BCUT2D eigenvalue weighted by atomic mass is 16.2. The average molecular weight is 218 g/mol. The number of hydrogen-bond donors (Lipinski definition) is 0. The zero-order valence-corrected chi connectivity index (χ0v) is 9.27. The number of ketones is 1. The molecule has 0 bridgehead atoms. The SMILES string of the molecule is Cc1cncc(C(=O)N2CCC(=O)CC2)c1. The third kappa shape index (κ3) is 2.27.